The molecule has 1 N–H and O–H groups in total. The van der Waals surface area contributed by atoms with E-state index in [4.69, 9.17) is 6.42 Å². The summed E-state index contributed by atoms with van der Waals surface area (Å²) in [5, 5.41) is 9.49. The van der Waals surface area contributed by atoms with E-state index in [0.29, 0.717) is 6.42 Å². The van der Waals surface area contributed by atoms with Gasteiger partial charge in [0.25, 0.3) is 0 Å². The van der Waals surface area contributed by atoms with E-state index in [1.807, 2.05) is 0 Å². The molecule has 0 aliphatic heterocycles. The fourth-order valence-corrected chi connectivity index (χ4v) is 1.43. The van der Waals surface area contributed by atoms with Crippen molar-refractivity contribution in [3.05, 3.63) is 0 Å². The van der Waals surface area contributed by atoms with Crippen LogP contribution in [0, 0.1) is 17.8 Å². The van der Waals surface area contributed by atoms with Gasteiger partial charge in [-0.2, -0.15) is 0 Å². The van der Waals surface area contributed by atoms with Gasteiger partial charge in [0.2, 0.25) is 0 Å². The van der Waals surface area contributed by atoms with Gasteiger partial charge in [0, 0.05) is 6.42 Å². The maximum Gasteiger partial charge on any atom is 0.0702 e. The molecular weight excluding hydrogens is 124 g/mol. The minimum Gasteiger partial charge on any atom is -0.392 e. The molecule has 0 amide bonds. The molecule has 1 heteroatoms. The number of hydrogen-bond donors (Lipinski definition) is 1. The number of hydrogen-bond acceptors (Lipinski definition) is 1. The maximum absolute atomic E-state index is 9.49. The molecule has 1 aliphatic rings. The van der Waals surface area contributed by atoms with Crippen molar-refractivity contribution in [2.45, 2.75) is 38.7 Å². The summed E-state index contributed by atoms with van der Waals surface area (Å²) >= 11 is 0. The predicted molar refractivity (Wildman–Crippen MR) is 41.4 cm³/mol. The molecule has 1 rings (SSSR count). The lowest BCUT2D eigenvalue weighted by molar-refractivity contribution is -0.0162. The lowest BCUT2D eigenvalue weighted by Gasteiger charge is -2.41. The van der Waals surface area contributed by atoms with Crippen molar-refractivity contribution in [2.24, 2.45) is 5.41 Å². The van der Waals surface area contributed by atoms with Gasteiger partial charge in [0.05, 0.1) is 6.10 Å². The van der Waals surface area contributed by atoms with Crippen LogP contribution in [0.1, 0.15) is 32.6 Å². The third-order valence-electron chi connectivity index (χ3n) is 2.61. The summed E-state index contributed by atoms with van der Waals surface area (Å²) in [4.78, 5) is 0. The van der Waals surface area contributed by atoms with Crippen molar-refractivity contribution in [3.63, 3.8) is 0 Å². The molecule has 0 spiro atoms. The van der Waals surface area contributed by atoms with Crippen LogP contribution in [0.3, 0.4) is 0 Å². The Bertz CT molecular complexity index is 151. The summed E-state index contributed by atoms with van der Waals surface area (Å²) in [7, 11) is 0. The summed E-state index contributed by atoms with van der Waals surface area (Å²) in [5.74, 6) is 2.49. The Morgan fingerprint density at radius 3 is 2.60 bits per heavy atom. The van der Waals surface area contributed by atoms with Crippen LogP contribution in [-0.4, -0.2) is 11.2 Å². The van der Waals surface area contributed by atoms with Crippen LogP contribution in [0.4, 0.5) is 0 Å². The highest BCUT2D eigenvalue weighted by atomic mass is 16.3. The zero-order valence-electron chi connectivity index (χ0n) is 6.43. The second-order valence-electron chi connectivity index (χ2n) is 3.43. The highest BCUT2D eigenvalue weighted by molar-refractivity contribution is 4.96. The molecule has 1 saturated carbocycles. The second-order valence-corrected chi connectivity index (χ2v) is 3.43. The molecule has 0 bridgehead atoms. The summed E-state index contributed by atoms with van der Waals surface area (Å²) in [5.41, 5.74) is 0.145. The number of aliphatic hydroxyl groups excluding tert-OH is 1. The normalized spacial score (nSPS) is 24.5. The first-order chi connectivity index (χ1) is 4.69. The van der Waals surface area contributed by atoms with E-state index < -0.39 is 0 Å². The van der Waals surface area contributed by atoms with Crippen molar-refractivity contribution >= 4 is 0 Å². The smallest absolute Gasteiger partial charge is 0.0702 e. The zero-order chi connectivity index (χ0) is 7.61. The Morgan fingerprint density at radius 1 is 1.70 bits per heavy atom. The van der Waals surface area contributed by atoms with Gasteiger partial charge in [-0.1, -0.05) is 13.3 Å². The fourth-order valence-electron chi connectivity index (χ4n) is 1.43. The van der Waals surface area contributed by atoms with Crippen LogP contribution in [0.5, 0.6) is 0 Å². The average Bonchev–Trinajstić information content (AvgIpc) is 1.83. The molecule has 0 radical (unpaired) electrons. The van der Waals surface area contributed by atoms with E-state index >= 15 is 0 Å². The largest absolute Gasteiger partial charge is 0.392 e. The van der Waals surface area contributed by atoms with Gasteiger partial charge in [0.1, 0.15) is 0 Å². The first-order valence-corrected chi connectivity index (χ1v) is 3.80. The fraction of sp³-hybridized carbons (Fsp3) is 0.778. The third kappa shape index (κ3) is 1.17. The first kappa shape index (κ1) is 7.63. The van der Waals surface area contributed by atoms with Crippen molar-refractivity contribution in [3.8, 4) is 12.3 Å². The van der Waals surface area contributed by atoms with Gasteiger partial charge < -0.3 is 5.11 Å². The van der Waals surface area contributed by atoms with Gasteiger partial charge in [0.15, 0.2) is 0 Å². The summed E-state index contributed by atoms with van der Waals surface area (Å²) in [6, 6.07) is 0. The van der Waals surface area contributed by atoms with E-state index in [2.05, 4.69) is 12.8 Å². The predicted octanol–water partition coefficient (Wildman–Crippen LogP) is 1.56. The van der Waals surface area contributed by atoms with E-state index in [1.54, 1.807) is 0 Å². The monoisotopic (exact) mass is 138 g/mol. The quantitative estimate of drug-likeness (QED) is 0.574. The average molecular weight is 138 g/mol. The van der Waals surface area contributed by atoms with Crippen molar-refractivity contribution < 1.29 is 5.11 Å². The molecule has 0 heterocycles. The molecule has 1 fully saturated rings. The standard InChI is InChI=1S/C9H14O/c1-3-5-8(10)9(2)6-4-7-9/h1,8,10H,4-7H2,2H3/t8-/m0/s1. The van der Waals surface area contributed by atoms with E-state index in [0.717, 1.165) is 12.8 Å². The van der Waals surface area contributed by atoms with Crippen molar-refractivity contribution in [1.82, 2.24) is 0 Å². The van der Waals surface area contributed by atoms with Crippen LogP contribution in [-0.2, 0) is 0 Å². The lowest BCUT2D eigenvalue weighted by atomic mass is 9.66. The second kappa shape index (κ2) is 2.64. The Balaban J connectivity index is 2.40. The van der Waals surface area contributed by atoms with Crippen molar-refractivity contribution in [1.29, 1.82) is 0 Å². The number of rotatable bonds is 2. The molecule has 56 valence electrons. The summed E-state index contributed by atoms with van der Waals surface area (Å²) < 4.78 is 0. The van der Waals surface area contributed by atoms with E-state index in [-0.39, 0.29) is 11.5 Å². The van der Waals surface area contributed by atoms with Crippen molar-refractivity contribution in [2.75, 3.05) is 0 Å². The molecule has 1 aliphatic carbocycles. The first-order valence-electron chi connectivity index (χ1n) is 3.80. The van der Waals surface area contributed by atoms with Gasteiger partial charge in [-0.25, -0.2) is 0 Å². The lowest BCUT2D eigenvalue weighted by Crippen LogP contribution is -2.38. The molecule has 0 aromatic rings. The zero-order valence-corrected chi connectivity index (χ0v) is 6.43. The number of terminal acetylenes is 1. The van der Waals surface area contributed by atoms with Gasteiger partial charge >= 0.3 is 0 Å². The van der Waals surface area contributed by atoms with Gasteiger partial charge in [-0.15, -0.1) is 12.3 Å². The Kier molecular flexibility index (Phi) is 2.01. The highest BCUT2D eigenvalue weighted by Crippen LogP contribution is 2.44. The molecule has 0 aromatic heterocycles. The highest BCUT2D eigenvalue weighted by Gasteiger charge is 2.37. The maximum atomic E-state index is 9.49. The SMILES string of the molecule is C#CC[C@H](O)C1(C)CCC1. The molecule has 0 unspecified atom stereocenters. The van der Waals surface area contributed by atoms with Crippen LogP contribution in [0.25, 0.3) is 0 Å². The summed E-state index contributed by atoms with van der Waals surface area (Å²) in [6.45, 7) is 2.11. The van der Waals surface area contributed by atoms with E-state index in [1.165, 1.54) is 6.42 Å². The molecule has 10 heavy (non-hydrogen) atoms. The van der Waals surface area contributed by atoms with Gasteiger partial charge in [-0.3, -0.25) is 0 Å². The van der Waals surface area contributed by atoms with Crippen LogP contribution in [0.15, 0.2) is 0 Å². The van der Waals surface area contributed by atoms with Crippen LogP contribution < -0.4 is 0 Å². The summed E-state index contributed by atoms with van der Waals surface area (Å²) in [6.07, 6.45) is 8.85. The topological polar surface area (TPSA) is 20.2 Å². The van der Waals surface area contributed by atoms with E-state index in [9.17, 15) is 5.11 Å². The third-order valence-corrected chi connectivity index (χ3v) is 2.61. The van der Waals surface area contributed by atoms with Crippen LogP contribution >= 0.6 is 0 Å². The Labute approximate surface area is 62.4 Å². The van der Waals surface area contributed by atoms with Crippen LogP contribution in [0.2, 0.25) is 0 Å². The Hall–Kier alpha value is -0.480. The minimum absolute atomic E-state index is 0.145. The Morgan fingerprint density at radius 2 is 2.30 bits per heavy atom. The number of aliphatic hydroxyl groups is 1. The minimum atomic E-state index is -0.272. The molecular formula is C9H14O. The molecule has 1 atom stereocenters. The molecule has 0 saturated heterocycles. The molecule has 1 nitrogen and oxygen atoms in total. The van der Waals surface area contributed by atoms with Gasteiger partial charge in [-0.05, 0) is 18.3 Å². The molecule has 0 aromatic carbocycles.